The molecule has 0 aromatic heterocycles. The summed E-state index contributed by atoms with van der Waals surface area (Å²) < 4.78 is 230. The van der Waals surface area contributed by atoms with Gasteiger partial charge < -0.3 is 0 Å². The average molecular weight is 560 g/mol. The maximum Gasteiger partial charge on any atom is 0.514 e. The fourth-order valence-corrected chi connectivity index (χ4v) is 7.56. The lowest BCUT2D eigenvalue weighted by molar-refractivity contribution is -0.0670. The van der Waals surface area contributed by atoms with Crippen LogP contribution in [-0.4, -0.2) is 63.3 Å². The Balaban J connectivity index is 8.07. The predicted molar refractivity (Wildman–Crippen MR) is 63.6 cm³/mol. The molecule has 0 spiro atoms. The van der Waals surface area contributed by atoms with Crippen LogP contribution in [0.15, 0.2) is 0 Å². The fourth-order valence-electron chi connectivity index (χ4n) is 0.964. The molecular formula is C4F12N2O8S4. The summed E-state index contributed by atoms with van der Waals surface area (Å²) in [6.45, 7) is 0. The summed E-state index contributed by atoms with van der Waals surface area (Å²) in [7, 11) is -35.1. The van der Waals surface area contributed by atoms with Gasteiger partial charge in [-0.15, -0.1) is 0 Å². The molecule has 0 atom stereocenters. The van der Waals surface area contributed by atoms with Crippen LogP contribution in [0.25, 0.3) is 0 Å². The molecule has 0 saturated carbocycles. The zero-order chi connectivity index (χ0) is 25.2. The molecule has 0 amide bonds. The van der Waals surface area contributed by atoms with Gasteiger partial charge in [0.25, 0.3) is 0 Å². The molecule has 0 bridgehead atoms. The molecule has 0 rings (SSSR count). The van der Waals surface area contributed by atoms with E-state index in [0.29, 0.717) is 0 Å². The van der Waals surface area contributed by atoms with Crippen LogP contribution in [-0.2, 0) is 40.1 Å². The van der Waals surface area contributed by atoms with Crippen LogP contribution in [0.4, 0.5) is 52.7 Å². The molecule has 0 fully saturated rings. The van der Waals surface area contributed by atoms with Crippen molar-refractivity contribution in [3.8, 4) is 0 Å². The van der Waals surface area contributed by atoms with Crippen LogP contribution in [0.1, 0.15) is 0 Å². The molecule has 0 radical (unpaired) electrons. The Morgan fingerprint density at radius 1 is 0.333 bits per heavy atom. The van der Waals surface area contributed by atoms with Crippen molar-refractivity contribution in [2.75, 3.05) is 0 Å². The number of nitrogens with zero attached hydrogens (tertiary/aromatic N) is 2. The van der Waals surface area contributed by atoms with Gasteiger partial charge in [0.05, 0.1) is 0 Å². The highest BCUT2D eigenvalue weighted by Gasteiger charge is 2.74. The highest BCUT2D eigenvalue weighted by molar-refractivity contribution is 8.09. The Morgan fingerprint density at radius 2 is 0.433 bits per heavy atom. The predicted octanol–water partition coefficient (Wildman–Crippen LogP) is 0.904. The number of rotatable bonds is 5. The third-order valence-corrected chi connectivity index (χ3v) is 9.53. The molecule has 0 aliphatic carbocycles. The summed E-state index contributed by atoms with van der Waals surface area (Å²) in [4.78, 5) is 0. The van der Waals surface area contributed by atoms with E-state index in [-0.39, 0.29) is 0 Å². The highest BCUT2D eigenvalue weighted by atomic mass is 32.3. The molecular weight excluding hydrogens is 560 g/mol. The molecule has 26 heteroatoms. The van der Waals surface area contributed by atoms with Gasteiger partial charge in [-0.1, -0.05) is 0 Å². The molecule has 0 N–H and O–H groups in total. The second-order valence-corrected chi connectivity index (χ2v) is 11.7. The first-order valence-corrected chi connectivity index (χ1v) is 11.1. The van der Waals surface area contributed by atoms with E-state index in [0.717, 1.165) is 0 Å². The molecule has 10 nitrogen and oxygen atoms in total. The Bertz CT molecular complexity index is 911. The first kappa shape index (κ1) is 28.9. The van der Waals surface area contributed by atoms with Gasteiger partial charge in [0.1, 0.15) is 0 Å². The molecule has 182 valence electrons. The first-order valence-electron chi connectivity index (χ1n) is 5.35. The van der Waals surface area contributed by atoms with Crippen molar-refractivity contribution in [3.05, 3.63) is 0 Å². The lowest BCUT2D eigenvalue weighted by Crippen LogP contribution is -2.64. The standard InChI is InChI=1S/C4F12N2O8S4/c5-1(6,7)27(19,20)17(28(21,22)2(8,9)10)18(29(23,24)3(11,12)13)30(25,26)4(14,15)16. The van der Waals surface area contributed by atoms with Gasteiger partial charge in [-0.25, -0.2) is 33.7 Å². The number of alkyl halides is 12. The topological polar surface area (TPSA) is 143 Å². The maximum absolute atomic E-state index is 12.5. The van der Waals surface area contributed by atoms with Crippen molar-refractivity contribution in [2.24, 2.45) is 0 Å². The van der Waals surface area contributed by atoms with Gasteiger partial charge in [0.15, 0.2) is 0 Å². The molecule has 0 aromatic rings. The second-order valence-electron chi connectivity index (χ2n) is 4.16. The minimum atomic E-state index is -8.77. The van der Waals surface area contributed by atoms with Crippen molar-refractivity contribution < 1.29 is 86.4 Å². The summed E-state index contributed by atoms with van der Waals surface area (Å²) in [5.41, 5.74) is -30.3. The molecule has 0 aromatic carbocycles. The van der Waals surface area contributed by atoms with Gasteiger partial charge in [0.2, 0.25) is 0 Å². The number of sulfonamides is 4. The van der Waals surface area contributed by atoms with Crippen molar-refractivity contribution in [1.29, 1.82) is 0 Å². The van der Waals surface area contributed by atoms with Crippen LogP contribution in [0, 0.1) is 0 Å². The summed E-state index contributed by atoms with van der Waals surface area (Å²) in [5, 5.41) is 0. The largest absolute Gasteiger partial charge is 0.514 e. The van der Waals surface area contributed by atoms with Crippen LogP contribution in [0.2, 0.25) is 0 Å². The summed E-state index contributed by atoms with van der Waals surface area (Å²) in [5.74, 6) is 0. The maximum atomic E-state index is 12.5. The Morgan fingerprint density at radius 3 is 0.500 bits per heavy atom. The SMILES string of the molecule is O=S(=O)(N(N(S(=O)(=O)C(F)(F)F)S(=O)(=O)C(F)(F)F)S(=O)(=O)C(F)(F)F)C(F)(F)F. The van der Waals surface area contributed by atoms with Gasteiger partial charge in [-0.05, 0) is 0 Å². The Hall–Kier alpha value is -1.12. The lowest BCUT2D eigenvalue weighted by atomic mass is 11.6. The number of halogens is 12. The van der Waals surface area contributed by atoms with Gasteiger partial charge >= 0.3 is 62.1 Å². The van der Waals surface area contributed by atoms with Gasteiger partial charge in [-0.2, -0.15) is 52.7 Å². The van der Waals surface area contributed by atoms with Crippen LogP contribution < -0.4 is 0 Å². The number of hydrogen-bond donors (Lipinski definition) is 0. The van der Waals surface area contributed by atoms with Crippen molar-refractivity contribution >= 4 is 40.1 Å². The van der Waals surface area contributed by atoms with Crippen LogP contribution in [0.3, 0.4) is 0 Å². The zero-order valence-corrected chi connectivity index (χ0v) is 15.6. The molecule has 0 aliphatic rings. The van der Waals surface area contributed by atoms with Gasteiger partial charge in [0, 0.05) is 7.64 Å². The van der Waals surface area contributed by atoms with E-state index in [1.54, 1.807) is 0 Å². The Kier molecular flexibility index (Phi) is 6.93. The van der Waals surface area contributed by atoms with E-state index in [1.807, 2.05) is 0 Å². The van der Waals surface area contributed by atoms with E-state index in [1.165, 1.54) is 0 Å². The number of hydrogen-bond acceptors (Lipinski definition) is 8. The molecule has 0 aliphatic heterocycles. The highest BCUT2D eigenvalue weighted by Crippen LogP contribution is 2.43. The summed E-state index contributed by atoms with van der Waals surface area (Å²) in [6, 6.07) is 0. The van der Waals surface area contributed by atoms with E-state index in [2.05, 4.69) is 0 Å². The third-order valence-electron chi connectivity index (χ3n) is 2.13. The normalized spacial score (nSPS) is 16.3. The second kappa shape index (κ2) is 7.20. The van der Waals surface area contributed by atoms with Crippen molar-refractivity contribution in [2.45, 2.75) is 22.0 Å². The minimum absolute atomic E-state index is 4.12. The molecule has 0 unspecified atom stereocenters. The summed E-state index contributed by atoms with van der Waals surface area (Å²) in [6.07, 6.45) is 0. The molecule has 30 heavy (non-hydrogen) atoms. The van der Waals surface area contributed by atoms with Gasteiger partial charge in [-0.3, -0.25) is 0 Å². The molecule has 0 heterocycles. The van der Waals surface area contributed by atoms with E-state index in [9.17, 15) is 86.4 Å². The van der Waals surface area contributed by atoms with Crippen molar-refractivity contribution in [1.82, 2.24) is 7.64 Å². The first-order chi connectivity index (χ1) is 12.5. The van der Waals surface area contributed by atoms with Crippen LogP contribution >= 0.6 is 0 Å². The van der Waals surface area contributed by atoms with Crippen LogP contribution in [0.5, 0.6) is 0 Å². The monoisotopic (exact) mass is 560 g/mol. The average Bonchev–Trinajstić information content (AvgIpc) is 2.38. The summed E-state index contributed by atoms with van der Waals surface area (Å²) >= 11 is 0. The smallest absolute Gasteiger partial charge is 0.200 e. The van der Waals surface area contributed by atoms with E-state index < -0.39 is 69.8 Å². The number of hydrazine groups is 1. The molecule has 0 saturated heterocycles. The zero-order valence-electron chi connectivity index (χ0n) is 12.3. The quantitative estimate of drug-likeness (QED) is 0.357. The van der Waals surface area contributed by atoms with E-state index in [4.69, 9.17) is 0 Å². The third kappa shape index (κ3) is 4.55. The Labute approximate surface area is 156 Å². The minimum Gasteiger partial charge on any atom is -0.200 e. The van der Waals surface area contributed by atoms with E-state index >= 15 is 0 Å². The van der Waals surface area contributed by atoms with Crippen molar-refractivity contribution in [3.63, 3.8) is 0 Å². The fraction of sp³-hybridized carbons (Fsp3) is 1.00. The lowest BCUT2D eigenvalue weighted by Gasteiger charge is -2.32.